The average molecular weight is 853 g/mol. The third-order valence-corrected chi connectivity index (χ3v) is 11.0. The van der Waals surface area contributed by atoms with Crippen molar-refractivity contribution in [1.29, 1.82) is 0 Å². The summed E-state index contributed by atoms with van der Waals surface area (Å²) in [6.07, 6.45) is 60.6. The highest BCUT2D eigenvalue weighted by Gasteiger charge is 2.19. The molecule has 0 aromatic rings. The number of esters is 3. The van der Waals surface area contributed by atoms with E-state index in [1.807, 2.05) is 0 Å². The standard InChI is InChI=1S/C55H96O6/c1-4-7-10-13-16-19-22-24-26-27-29-30-33-36-39-42-45-48-54(57)60-51-52(50-59-53(56)47-44-41-38-35-32-21-18-15-12-9-6-3)61-55(58)49-46-43-40-37-34-31-28-25-23-20-17-14-11-8-5-2/h7,10,16,19,24-26,28-30,52H,4-6,8-9,11-15,17-18,20-23,27,31-51H2,1-3H3/b10-7-,19-16-,26-24-,28-25-,30-29-. The van der Waals surface area contributed by atoms with Crippen LogP contribution in [0.3, 0.4) is 0 Å². The van der Waals surface area contributed by atoms with Crippen molar-refractivity contribution in [2.75, 3.05) is 13.2 Å². The van der Waals surface area contributed by atoms with Crippen LogP contribution in [0.15, 0.2) is 60.8 Å². The van der Waals surface area contributed by atoms with Crippen LogP contribution in [0.2, 0.25) is 0 Å². The van der Waals surface area contributed by atoms with Crippen LogP contribution < -0.4 is 0 Å². The molecule has 0 heterocycles. The maximum atomic E-state index is 12.8. The quantitative estimate of drug-likeness (QED) is 0.0263. The molecule has 0 bridgehead atoms. The summed E-state index contributed by atoms with van der Waals surface area (Å²) < 4.78 is 16.8. The first-order valence-electron chi connectivity index (χ1n) is 25.8. The summed E-state index contributed by atoms with van der Waals surface area (Å²) in [6.45, 7) is 6.49. The number of hydrogen-bond acceptors (Lipinski definition) is 6. The molecule has 0 aromatic heterocycles. The van der Waals surface area contributed by atoms with E-state index in [-0.39, 0.29) is 31.1 Å². The smallest absolute Gasteiger partial charge is 0.306 e. The fourth-order valence-corrected chi connectivity index (χ4v) is 7.13. The molecule has 0 aliphatic carbocycles. The highest BCUT2D eigenvalue weighted by Crippen LogP contribution is 2.14. The van der Waals surface area contributed by atoms with E-state index in [0.717, 1.165) is 109 Å². The van der Waals surface area contributed by atoms with Gasteiger partial charge < -0.3 is 14.2 Å². The summed E-state index contributed by atoms with van der Waals surface area (Å²) in [5.74, 6) is -0.913. The van der Waals surface area contributed by atoms with Gasteiger partial charge in [0.2, 0.25) is 0 Å². The zero-order chi connectivity index (χ0) is 44.4. The largest absolute Gasteiger partial charge is 0.462 e. The summed E-state index contributed by atoms with van der Waals surface area (Å²) in [5, 5.41) is 0. The van der Waals surface area contributed by atoms with Gasteiger partial charge in [-0.1, -0.05) is 210 Å². The number of ether oxygens (including phenoxy) is 3. The predicted molar refractivity (Wildman–Crippen MR) is 261 cm³/mol. The monoisotopic (exact) mass is 853 g/mol. The lowest BCUT2D eigenvalue weighted by Gasteiger charge is -2.18. The Morgan fingerprint density at radius 3 is 1.02 bits per heavy atom. The number of unbranched alkanes of at least 4 members (excludes halogenated alkanes) is 25. The van der Waals surface area contributed by atoms with E-state index in [9.17, 15) is 14.4 Å². The Kier molecular flexibility index (Phi) is 47.4. The Balaban J connectivity index is 4.41. The predicted octanol–water partition coefficient (Wildman–Crippen LogP) is 16.9. The van der Waals surface area contributed by atoms with E-state index in [0.29, 0.717) is 19.3 Å². The van der Waals surface area contributed by atoms with Crippen LogP contribution in [0.5, 0.6) is 0 Å². The number of hydrogen-bond donors (Lipinski definition) is 0. The van der Waals surface area contributed by atoms with Crippen molar-refractivity contribution < 1.29 is 28.6 Å². The highest BCUT2D eigenvalue weighted by molar-refractivity contribution is 5.71. The van der Waals surface area contributed by atoms with Crippen molar-refractivity contribution in [3.63, 3.8) is 0 Å². The van der Waals surface area contributed by atoms with Gasteiger partial charge in [-0.05, 0) is 83.5 Å². The number of carbonyl (C=O) groups is 3. The molecule has 0 amide bonds. The van der Waals surface area contributed by atoms with Crippen molar-refractivity contribution >= 4 is 17.9 Å². The van der Waals surface area contributed by atoms with Gasteiger partial charge >= 0.3 is 17.9 Å². The normalized spacial score (nSPS) is 12.5. The van der Waals surface area contributed by atoms with Crippen LogP contribution in [0.25, 0.3) is 0 Å². The van der Waals surface area contributed by atoms with E-state index < -0.39 is 6.10 Å². The zero-order valence-electron chi connectivity index (χ0n) is 40.2. The van der Waals surface area contributed by atoms with E-state index >= 15 is 0 Å². The van der Waals surface area contributed by atoms with Crippen LogP contribution in [0.1, 0.15) is 252 Å². The Labute approximate surface area is 377 Å². The Bertz CT molecular complexity index is 1120. The van der Waals surface area contributed by atoms with Gasteiger partial charge in [0.25, 0.3) is 0 Å². The molecule has 0 radical (unpaired) electrons. The molecule has 1 unspecified atom stereocenters. The second kappa shape index (κ2) is 49.8. The maximum absolute atomic E-state index is 12.8. The van der Waals surface area contributed by atoms with Gasteiger partial charge in [0.15, 0.2) is 6.10 Å². The van der Waals surface area contributed by atoms with Crippen molar-refractivity contribution in [2.24, 2.45) is 0 Å². The molecule has 1 atom stereocenters. The maximum Gasteiger partial charge on any atom is 0.306 e. The number of rotatable bonds is 46. The minimum atomic E-state index is -0.785. The van der Waals surface area contributed by atoms with E-state index in [1.54, 1.807) is 0 Å². The van der Waals surface area contributed by atoms with Crippen LogP contribution in [0.4, 0.5) is 0 Å². The third-order valence-electron chi connectivity index (χ3n) is 11.0. The van der Waals surface area contributed by atoms with E-state index in [2.05, 4.69) is 81.5 Å². The van der Waals surface area contributed by atoms with Crippen LogP contribution in [-0.2, 0) is 28.6 Å². The molecule has 0 N–H and O–H groups in total. The lowest BCUT2D eigenvalue weighted by molar-refractivity contribution is -0.167. The highest BCUT2D eigenvalue weighted by atomic mass is 16.6. The number of carbonyl (C=O) groups excluding carboxylic acids is 3. The van der Waals surface area contributed by atoms with E-state index in [1.165, 1.54) is 103 Å². The van der Waals surface area contributed by atoms with Gasteiger partial charge in [-0.15, -0.1) is 0 Å². The first-order chi connectivity index (χ1) is 30.0. The van der Waals surface area contributed by atoms with Gasteiger partial charge in [0, 0.05) is 19.3 Å². The summed E-state index contributed by atoms with van der Waals surface area (Å²) in [6, 6.07) is 0. The molecule has 0 aliphatic heterocycles. The SMILES string of the molecule is CC/C=C\C/C=C\C/C=C\C/C=C\CCCCCCC(=O)OCC(COC(=O)CCCCCCCCCCCCC)OC(=O)CCCCCCC/C=C\CCCCCCCC. The minimum Gasteiger partial charge on any atom is -0.462 e. The molecule has 0 saturated carbocycles. The molecule has 0 saturated heterocycles. The molecule has 0 rings (SSSR count). The van der Waals surface area contributed by atoms with Gasteiger partial charge in [-0.2, -0.15) is 0 Å². The molecular weight excluding hydrogens is 757 g/mol. The Morgan fingerprint density at radius 2 is 0.639 bits per heavy atom. The molecular formula is C55H96O6. The second-order valence-electron chi connectivity index (χ2n) is 17.1. The molecule has 352 valence electrons. The lowest BCUT2D eigenvalue weighted by Crippen LogP contribution is -2.30. The van der Waals surface area contributed by atoms with Crippen LogP contribution in [0, 0.1) is 0 Å². The zero-order valence-corrected chi connectivity index (χ0v) is 40.2. The van der Waals surface area contributed by atoms with Gasteiger partial charge in [0.05, 0.1) is 0 Å². The first kappa shape index (κ1) is 58.1. The average Bonchev–Trinajstić information content (AvgIpc) is 3.26. The molecule has 0 aromatic carbocycles. The summed E-state index contributed by atoms with van der Waals surface area (Å²) in [5.41, 5.74) is 0. The molecule has 6 nitrogen and oxygen atoms in total. The molecule has 0 spiro atoms. The van der Waals surface area contributed by atoms with Crippen molar-refractivity contribution in [3.05, 3.63) is 60.8 Å². The van der Waals surface area contributed by atoms with Gasteiger partial charge in [-0.3, -0.25) is 14.4 Å². The molecule has 61 heavy (non-hydrogen) atoms. The fourth-order valence-electron chi connectivity index (χ4n) is 7.13. The molecule has 0 aliphatic rings. The summed E-state index contributed by atoms with van der Waals surface area (Å²) in [4.78, 5) is 37.9. The van der Waals surface area contributed by atoms with Crippen LogP contribution >= 0.6 is 0 Å². The second-order valence-corrected chi connectivity index (χ2v) is 17.1. The lowest BCUT2D eigenvalue weighted by atomic mass is 10.1. The van der Waals surface area contributed by atoms with Crippen LogP contribution in [-0.4, -0.2) is 37.2 Å². The summed E-state index contributed by atoms with van der Waals surface area (Å²) >= 11 is 0. The van der Waals surface area contributed by atoms with Gasteiger partial charge in [0.1, 0.15) is 13.2 Å². The van der Waals surface area contributed by atoms with Crippen molar-refractivity contribution in [3.8, 4) is 0 Å². The third kappa shape index (κ3) is 48.0. The minimum absolute atomic E-state index is 0.0838. The molecule has 0 fully saturated rings. The summed E-state index contributed by atoms with van der Waals surface area (Å²) in [7, 11) is 0. The molecule has 6 heteroatoms. The van der Waals surface area contributed by atoms with Crippen molar-refractivity contribution in [2.45, 2.75) is 258 Å². The van der Waals surface area contributed by atoms with Crippen molar-refractivity contribution in [1.82, 2.24) is 0 Å². The topological polar surface area (TPSA) is 78.9 Å². The first-order valence-corrected chi connectivity index (χ1v) is 25.8. The van der Waals surface area contributed by atoms with E-state index in [4.69, 9.17) is 14.2 Å². The fraction of sp³-hybridized carbons (Fsp3) is 0.764. The Morgan fingerprint density at radius 1 is 0.344 bits per heavy atom. The Hall–Kier alpha value is -2.89. The van der Waals surface area contributed by atoms with Gasteiger partial charge in [-0.25, -0.2) is 0 Å². The number of allylic oxidation sites excluding steroid dienone is 10.